The standard InChI is InChI=1S/C17H13BrClFN4S/c1-11-22-23-17(25-10-12-5-7-13(18)8-6-12)24(11)21-9-14-15(19)3-2-4-16(14)20/h2-9H,10H2,1H3/b21-9+. The predicted molar refractivity (Wildman–Crippen MR) is 103 cm³/mol. The van der Waals surface area contributed by atoms with Crippen molar-refractivity contribution in [1.82, 2.24) is 14.9 Å². The Kier molecular flexibility index (Phi) is 5.88. The number of aryl methyl sites for hydroxylation is 1. The van der Waals surface area contributed by atoms with Gasteiger partial charge in [-0.2, -0.15) is 9.78 Å². The van der Waals surface area contributed by atoms with Gasteiger partial charge in [-0.25, -0.2) is 4.39 Å². The normalized spacial score (nSPS) is 11.4. The van der Waals surface area contributed by atoms with Crippen molar-refractivity contribution in [2.45, 2.75) is 17.8 Å². The van der Waals surface area contributed by atoms with Gasteiger partial charge >= 0.3 is 0 Å². The average Bonchev–Trinajstić information content (AvgIpc) is 2.94. The fourth-order valence-corrected chi connectivity index (χ4v) is 3.40. The average molecular weight is 440 g/mol. The molecule has 128 valence electrons. The highest BCUT2D eigenvalue weighted by molar-refractivity contribution is 9.10. The van der Waals surface area contributed by atoms with Crippen LogP contribution < -0.4 is 0 Å². The van der Waals surface area contributed by atoms with E-state index in [9.17, 15) is 4.39 Å². The van der Waals surface area contributed by atoms with Gasteiger partial charge in [-0.1, -0.05) is 57.5 Å². The van der Waals surface area contributed by atoms with Crippen molar-refractivity contribution in [2.75, 3.05) is 0 Å². The summed E-state index contributed by atoms with van der Waals surface area (Å²) in [6, 6.07) is 12.6. The van der Waals surface area contributed by atoms with Gasteiger partial charge in [-0.05, 0) is 36.8 Å². The molecule has 0 aliphatic carbocycles. The monoisotopic (exact) mass is 438 g/mol. The maximum Gasteiger partial charge on any atom is 0.212 e. The van der Waals surface area contributed by atoms with Gasteiger partial charge in [0.05, 0.1) is 11.2 Å². The number of benzene rings is 2. The van der Waals surface area contributed by atoms with Crippen LogP contribution in [0.25, 0.3) is 0 Å². The summed E-state index contributed by atoms with van der Waals surface area (Å²) in [5.74, 6) is 0.912. The van der Waals surface area contributed by atoms with E-state index in [1.54, 1.807) is 23.7 Å². The molecule has 0 spiro atoms. The number of thioether (sulfide) groups is 1. The lowest BCUT2D eigenvalue weighted by Crippen LogP contribution is -1.98. The number of hydrogen-bond donors (Lipinski definition) is 0. The second-order valence-corrected chi connectivity index (χ2v) is 7.40. The van der Waals surface area contributed by atoms with Gasteiger partial charge in [-0.3, -0.25) is 0 Å². The molecule has 0 aliphatic rings. The topological polar surface area (TPSA) is 43.1 Å². The zero-order chi connectivity index (χ0) is 17.8. The van der Waals surface area contributed by atoms with Crippen molar-refractivity contribution in [3.63, 3.8) is 0 Å². The fourth-order valence-electron chi connectivity index (χ4n) is 2.04. The van der Waals surface area contributed by atoms with Gasteiger partial charge in [0.15, 0.2) is 5.82 Å². The summed E-state index contributed by atoms with van der Waals surface area (Å²) in [5.41, 5.74) is 1.39. The second kappa shape index (κ2) is 8.12. The molecule has 0 unspecified atom stereocenters. The van der Waals surface area contributed by atoms with Crippen molar-refractivity contribution >= 4 is 45.5 Å². The van der Waals surface area contributed by atoms with Crippen LogP contribution in [0.3, 0.4) is 0 Å². The molecule has 1 aromatic heterocycles. The van der Waals surface area contributed by atoms with Crippen LogP contribution in [0.4, 0.5) is 4.39 Å². The van der Waals surface area contributed by atoms with Gasteiger partial charge in [0.25, 0.3) is 0 Å². The number of halogens is 3. The lowest BCUT2D eigenvalue weighted by molar-refractivity contribution is 0.625. The molecule has 25 heavy (non-hydrogen) atoms. The third-order valence-electron chi connectivity index (χ3n) is 3.35. The largest absolute Gasteiger partial charge is 0.212 e. The van der Waals surface area contributed by atoms with E-state index in [4.69, 9.17) is 11.6 Å². The molecule has 4 nitrogen and oxygen atoms in total. The van der Waals surface area contributed by atoms with E-state index in [2.05, 4.69) is 31.2 Å². The maximum absolute atomic E-state index is 13.9. The zero-order valence-electron chi connectivity index (χ0n) is 13.2. The van der Waals surface area contributed by atoms with E-state index in [0.717, 1.165) is 15.8 Å². The first kappa shape index (κ1) is 18.1. The molecule has 0 atom stereocenters. The first-order chi connectivity index (χ1) is 12.0. The van der Waals surface area contributed by atoms with Gasteiger partial charge in [-0.15, -0.1) is 10.2 Å². The van der Waals surface area contributed by atoms with E-state index < -0.39 is 5.82 Å². The summed E-state index contributed by atoms with van der Waals surface area (Å²) in [4.78, 5) is 0. The predicted octanol–water partition coefficient (Wildman–Crippen LogP) is 5.32. The summed E-state index contributed by atoms with van der Waals surface area (Å²) < 4.78 is 16.5. The molecular formula is C17H13BrClFN4S. The van der Waals surface area contributed by atoms with Crippen LogP contribution in [-0.2, 0) is 5.75 Å². The molecule has 0 N–H and O–H groups in total. The quantitative estimate of drug-likeness (QED) is 0.399. The summed E-state index contributed by atoms with van der Waals surface area (Å²) in [6.07, 6.45) is 1.39. The van der Waals surface area contributed by atoms with Gasteiger partial charge in [0.1, 0.15) is 5.82 Å². The van der Waals surface area contributed by atoms with E-state index >= 15 is 0 Å². The molecular weight excluding hydrogens is 427 g/mol. The van der Waals surface area contributed by atoms with Crippen LogP contribution >= 0.6 is 39.3 Å². The highest BCUT2D eigenvalue weighted by Gasteiger charge is 2.10. The summed E-state index contributed by atoms with van der Waals surface area (Å²) >= 11 is 10.9. The Labute approximate surface area is 162 Å². The van der Waals surface area contributed by atoms with E-state index in [-0.39, 0.29) is 5.56 Å². The maximum atomic E-state index is 13.9. The molecule has 0 fully saturated rings. The zero-order valence-corrected chi connectivity index (χ0v) is 16.3. The Morgan fingerprint density at radius 3 is 2.72 bits per heavy atom. The van der Waals surface area contributed by atoms with Gasteiger partial charge in [0, 0.05) is 15.8 Å². The van der Waals surface area contributed by atoms with Crippen molar-refractivity contribution in [2.24, 2.45) is 5.10 Å². The highest BCUT2D eigenvalue weighted by atomic mass is 79.9. The molecule has 0 aliphatic heterocycles. The molecule has 0 amide bonds. The Morgan fingerprint density at radius 1 is 1.24 bits per heavy atom. The molecule has 0 saturated heterocycles. The van der Waals surface area contributed by atoms with Crippen LogP contribution in [0.5, 0.6) is 0 Å². The SMILES string of the molecule is Cc1nnc(SCc2ccc(Br)cc2)n1/N=C/c1c(F)cccc1Cl. The van der Waals surface area contributed by atoms with E-state index in [1.807, 2.05) is 24.3 Å². The second-order valence-electron chi connectivity index (χ2n) is 5.14. The van der Waals surface area contributed by atoms with E-state index in [1.165, 1.54) is 24.0 Å². The lowest BCUT2D eigenvalue weighted by atomic mass is 10.2. The molecule has 3 aromatic rings. The molecule has 3 rings (SSSR count). The van der Waals surface area contributed by atoms with Crippen molar-refractivity contribution in [3.05, 3.63) is 74.7 Å². The Morgan fingerprint density at radius 2 is 2.00 bits per heavy atom. The minimum absolute atomic E-state index is 0.237. The summed E-state index contributed by atoms with van der Waals surface area (Å²) in [6.45, 7) is 1.79. The molecule has 0 bridgehead atoms. The van der Waals surface area contributed by atoms with Crippen LogP contribution in [0.1, 0.15) is 17.0 Å². The van der Waals surface area contributed by atoms with Crippen molar-refractivity contribution in [3.8, 4) is 0 Å². The third kappa shape index (κ3) is 4.48. The molecule has 0 radical (unpaired) electrons. The number of rotatable bonds is 5. The van der Waals surface area contributed by atoms with Gasteiger partial charge in [0.2, 0.25) is 5.16 Å². The first-order valence-corrected chi connectivity index (χ1v) is 9.48. The van der Waals surface area contributed by atoms with Crippen molar-refractivity contribution < 1.29 is 4.39 Å². The number of nitrogens with zero attached hydrogens (tertiary/aromatic N) is 4. The van der Waals surface area contributed by atoms with Crippen LogP contribution in [-0.4, -0.2) is 21.1 Å². The first-order valence-electron chi connectivity index (χ1n) is 7.32. The van der Waals surface area contributed by atoms with Crippen LogP contribution in [0.15, 0.2) is 57.2 Å². The minimum atomic E-state index is -0.425. The third-order valence-corrected chi connectivity index (χ3v) is 5.20. The molecule has 0 saturated carbocycles. The highest BCUT2D eigenvalue weighted by Crippen LogP contribution is 2.23. The summed E-state index contributed by atoms with van der Waals surface area (Å²) in [5, 5.41) is 13.4. The smallest absolute Gasteiger partial charge is 0.206 e. The minimum Gasteiger partial charge on any atom is -0.206 e. The Hall–Kier alpha value is -1.70. The Bertz CT molecular complexity index is 891. The number of hydrogen-bond acceptors (Lipinski definition) is 4. The Balaban J connectivity index is 1.79. The van der Waals surface area contributed by atoms with E-state index in [0.29, 0.717) is 16.0 Å². The van der Waals surface area contributed by atoms with Crippen LogP contribution in [0.2, 0.25) is 5.02 Å². The lowest BCUT2D eigenvalue weighted by Gasteiger charge is -2.04. The molecule has 1 heterocycles. The molecule has 2 aromatic carbocycles. The fraction of sp³-hybridized carbons (Fsp3) is 0.118. The number of aromatic nitrogens is 3. The van der Waals surface area contributed by atoms with Gasteiger partial charge < -0.3 is 0 Å². The summed E-state index contributed by atoms with van der Waals surface area (Å²) in [7, 11) is 0. The van der Waals surface area contributed by atoms with Crippen LogP contribution in [0, 0.1) is 12.7 Å². The molecule has 8 heteroatoms. The van der Waals surface area contributed by atoms with Crippen molar-refractivity contribution in [1.29, 1.82) is 0 Å².